The lowest BCUT2D eigenvalue weighted by Gasteiger charge is -2.10. The second-order valence-corrected chi connectivity index (χ2v) is 5.05. The molecular weight excluding hydrogens is 236 g/mol. The lowest BCUT2D eigenvalue weighted by Crippen LogP contribution is -2.09. The highest BCUT2D eigenvalue weighted by molar-refractivity contribution is 7.99. The third kappa shape index (κ3) is 2.53. The summed E-state index contributed by atoms with van der Waals surface area (Å²) in [5, 5.41) is 9.07. The molecule has 2 aromatic rings. The van der Waals surface area contributed by atoms with E-state index in [4.69, 9.17) is 10.2 Å². The zero-order valence-corrected chi connectivity index (χ0v) is 11.0. The topological polar surface area (TPSA) is 69.9 Å². The molecule has 2 rings (SSSR count). The first kappa shape index (κ1) is 12.2. The Bertz CT molecular complexity index is 505. The summed E-state index contributed by atoms with van der Waals surface area (Å²) in [4.78, 5) is 0. The van der Waals surface area contributed by atoms with E-state index in [-0.39, 0.29) is 5.25 Å². The van der Waals surface area contributed by atoms with Crippen LogP contribution in [0.25, 0.3) is 0 Å². The summed E-state index contributed by atoms with van der Waals surface area (Å²) in [6.45, 7) is 4.35. The zero-order valence-electron chi connectivity index (χ0n) is 10.2. The van der Waals surface area contributed by atoms with Gasteiger partial charge in [0, 0.05) is 13.6 Å². The summed E-state index contributed by atoms with van der Waals surface area (Å²) in [7, 11) is 1.94. The van der Waals surface area contributed by atoms with Crippen molar-refractivity contribution in [3.63, 3.8) is 0 Å². The summed E-state index contributed by atoms with van der Waals surface area (Å²) in [5.41, 5.74) is 5.78. The highest BCUT2D eigenvalue weighted by Crippen LogP contribution is 2.34. The maximum absolute atomic E-state index is 5.78. The molecule has 0 aliphatic rings. The molecule has 2 N–H and O–H groups in total. The third-order valence-corrected chi connectivity index (χ3v) is 3.87. The first-order valence-electron chi connectivity index (χ1n) is 5.41. The van der Waals surface area contributed by atoms with Gasteiger partial charge < -0.3 is 14.7 Å². The predicted octanol–water partition coefficient (Wildman–Crippen LogP) is 1.82. The summed E-state index contributed by atoms with van der Waals surface area (Å²) >= 11 is 1.57. The number of aryl methyl sites for hydroxylation is 2. The standard InChI is InChI=1S/C11H16N4OS/c1-7-4-5-9(16-7)10(6-12)17-11-14-13-8(2)15(11)3/h4-5,10H,6,12H2,1-3H3. The fourth-order valence-electron chi connectivity index (χ4n) is 1.47. The summed E-state index contributed by atoms with van der Waals surface area (Å²) in [5.74, 6) is 2.67. The molecule has 0 bridgehead atoms. The van der Waals surface area contributed by atoms with E-state index in [0.29, 0.717) is 6.54 Å². The van der Waals surface area contributed by atoms with E-state index in [1.807, 2.05) is 37.6 Å². The van der Waals surface area contributed by atoms with Gasteiger partial charge in [0.15, 0.2) is 5.16 Å². The van der Waals surface area contributed by atoms with Crippen LogP contribution in [0, 0.1) is 13.8 Å². The molecule has 6 heteroatoms. The maximum Gasteiger partial charge on any atom is 0.191 e. The third-order valence-electron chi connectivity index (χ3n) is 2.59. The Morgan fingerprint density at radius 3 is 2.65 bits per heavy atom. The van der Waals surface area contributed by atoms with Crippen LogP contribution >= 0.6 is 11.8 Å². The second-order valence-electron chi connectivity index (χ2n) is 3.88. The van der Waals surface area contributed by atoms with Crippen LogP contribution in [0.3, 0.4) is 0 Å². The van der Waals surface area contributed by atoms with Crippen LogP contribution in [0.15, 0.2) is 21.7 Å². The Labute approximate surface area is 104 Å². The van der Waals surface area contributed by atoms with Crippen LogP contribution in [-0.2, 0) is 7.05 Å². The lowest BCUT2D eigenvalue weighted by molar-refractivity contribution is 0.481. The number of thioether (sulfide) groups is 1. The van der Waals surface area contributed by atoms with Crippen molar-refractivity contribution in [1.82, 2.24) is 14.8 Å². The van der Waals surface area contributed by atoms with Gasteiger partial charge in [0.2, 0.25) is 0 Å². The molecule has 1 atom stereocenters. The van der Waals surface area contributed by atoms with Crippen molar-refractivity contribution < 1.29 is 4.42 Å². The van der Waals surface area contributed by atoms with Crippen LogP contribution in [0.4, 0.5) is 0 Å². The highest BCUT2D eigenvalue weighted by atomic mass is 32.2. The number of hydrogen-bond donors (Lipinski definition) is 1. The Balaban J connectivity index is 2.18. The molecule has 0 amide bonds. The van der Waals surface area contributed by atoms with Crippen molar-refractivity contribution in [2.24, 2.45) is 12.8 Å². The van der Waals surface area contributed by atoms with Crippen LogP contribution < -0.4 is 5.73 Å². The molecule has 0 aromatic carbocycles. The predicted molar refractivity (Wildman–Crippen MR) is 66.8 cm³/mol. The summed E-state index contributed by atoms with van der Waals surface area (Å²) in [6, 6.07) is 3.91. The molecule has 0 aliphatic heterocycles. The van der Waals surface area contributed by atoms with E-state index in [0.717, 1.165) is 22.5 Å². The van der Waals surface area contributed by atoms with Gasteiger partial charge in [-0.2, -0.15) is 0 Å². The normalized spacial score (nSPS) is 12.9. The maximum atomic E-state index is 5.78. The molecule has 17 heavy (non-hydrogen) atoms. The van der Waals surface area contributed by atoms with Gasteiger partial charge in [0.05, 0.1) is 5.25 Å². The number of furan rings is 1. The zero-order chi connectivity index (χ0) is 12.4. The largest absolute Gasteiger partial charge is 0.465 e. The Morgan fingerprint density at radius 2 is 2.18 bits per heavy atom. The minimum Gasteiger partial charge on any atom is -0.465 e. The van der Waals surface area contributed by atoms with Gasteiger partial charge in [-0.05, 0) is 26.0 Å². The van der Waals surface area contributed by atoms with Crippen molar-refractivity contribution in [2.45, 2.75) is 24.3 Å². The molecule has 0 aliphatic carbocycles. The van der Waals surface area contributed by atoms with Crippen LogP contribution in [-0.4, -0.2) is 21.3 Å². The highest BCUT2D eigenvalue weighted by Gasteiger charge is 2.18. The summed E-state index contributed by atoms with van der Waals surface area (Å²) in [6.07, 6.45) is 0. The molecule has 5 nitrogen and oxygen atoms in total. The smallest absolute Gasteiger partial charge is 0.191 e. The van der Waals surface area contributed by atoms with Crippen molar-refractivity contribution in [3.8, 4) is 0 Å². The fraction of sp³-hybridized carbons (Fsp3) is 0.455. The van der Waals surface area contributed by atoms with Gasteiger partial charge in [-0.1, -0.05) is 11.8 Å². The van der Waals surface area contributed by atoms with E-state index in [1.54, 1.807) is 11.8 Å². The van der Waals surface area contributed by atoms with E-state index >= 15 is 0 Å². The molecule has 2 aromatic heterocycles. The molecule has 0 saturated heterocycles. The SMILES string of the molecule is Cc1ccc(C(CN)Sc2nnc(C)n2C)o1. The van der Waals surface area contributed by atoms with Crippen LogP contribution in [0.5, 0.6) is 0 Å². The van der Waals surface area contributed by atoms with Crippen molar-refractivity contribution >= 4 is 11.8 Å². The van der Waals surface area contributed by atoms with Crippen molar-refractivity contribution in [2.75, 3.05) is 6.54 Å². The average molecular weight is 252 g/mol. The molecule has 2 heterocycles. The fourth-order valence-corrected chi connectivity index (χ4v) is 2.44. The van der Waals surface area contributed by atoms with E-state index < -0.39 is 0 Å². The Morgan fingerprint density at radius 1 is 1.41 bits per heavy atom. The Hall–Kier alpha value is -1.27. The lowest BCUT2D eigenvalue weighted by atomic mass is 10.3. The molecule has 92 valence electrons. The summed E-state index contributed by atoms with van der Waals surface area (Å²) < 4.78 is 7.54. The van der Waals surface area contributed by atoms with E-state index in [9.17, 15) is 0 Å². The van der Waals surface area contributed by atoms with Gasteiger partial charge in [0.25, 0.3) is 0 Å². The number of hydrogen-bond acceptors (Lipinski definition) is 5. The minimum absolute atomic E-state index is 0.0750. The van der Waals surface area contributed by atoms with Gasteiger partial charge >= 0.3 is 0 Å². The van der Waals surface area contributed by atoms with Gasteiger partial charge in [-0.25, -0.2) is 0 Å². The minimum atomic E-state index is 0.0750. The molecule has 0 radical (unpaired) electrons. The van der Waals surface area contributed by atoms with Gasteiger partial charge in [-0.3, -0.25) is 0 Å². The van der Waals surface area contributed by atoms with E-state index in [1.165, 1.54) is 0 Å². The molecular formula is C11H16N4OS. The van der Waals surface area contributed by atoms with Crippen molar-refractivity contribution in [1.29, 1.82) is 0 Å². The van der Waals surface area contributed by atoms with Crippen LogP contribution in [0.2, 0.25) is 0 Å². The van der Waals surface area contributed by atoms with E-state index in [2.05, 4.69) is 10.2 Å². The Kier molecular flexibility index (Phi) is 3.54. The quantitative estimate of drug-likeness (QED) is 0.840. The molecule has 0 spiro atoms. The second kappa shape index (κ2) is 4.93. The average Bonchev–Trinajstić information content (AvgIpc) is 2.86. The van der Waals surface area contributed by atoms with Crippen molar-refractivity contribution in [3.05, 3.63) is 29.5 Å². The number of rotatable bonds is 4. The number of nitrogens with zero attached hydrogens (tertiary/aromatic N) is 3. The van der Waals surface area contributed by atoms with Gasteiger partial charge in [-0.15, -0.1) is 10.2 Å². The first-order valence-corrected chi connectivity index (χ1v) is 6.29. The number of aromatic nitrogens is 3. The monoisotopic (exact) mass is 252 g/mol. The number of nitrogens with two attached hydrogens (primary N) is 1. The van der Waals surface area contributed by atoms with Gasteiger partial charge in [0.1, 0.15) is 17.3 Å². The molecule has 1 unspecified atom stereocenters. The van der Waals surface area contributed by atoms with Crippen LogP contribution in [0.1, 0.15) is 22.6 Å². The molecule has 0 fully saturated rings. The molecule has 0 saturated carbocycles. The first-order chi connectivity index (χ1) is 8.11.